The van der Waals surface area contributed by atoms with E-state index in [2.05, 4.69) is 10.3 Å². The number of aromatic nitrogens is 1. The highest BCUT2D eigenvalue weighted by molar-refractivity contribution is 6.05. The van der Waals surface area contributed by atoms with Crippen molar-refractivity contribution < 1.29 is 13.6 Å². The van der Waals surface area contributed by atoms with Gasteiger partial charge in [-0.25, -0.2) is 8.78 Å². The number of nitrogens with one attached hydrogen (secondary N) is 2. The maximum Gasteiger partial charge on any atom is 0.261 e. The smallest absolute Gasteiger partial charge is 0.261 e. The van der Waals surface area contributed by atoms with Gasteiger partial charge in [-0.3, -0.25) is 9.59 Å². The minimum Gasteiger partial charge on any atom is -0.322 e. The molecule has 1 heterocycles. The molecule has 0 saturated heterocycles. The summed E-state index contributed by atoms with van der Waals surface area (Å²) >= 11 is 0. The molecule has 0 aliphatic rings. The predicted octanol–water partition coefficient (Wildman–Crippen LogP) is 3.37. The third kappa shape index (κ3) is 2.83. The summed E-state index contributed by atoms with van der Waals surface area (Å²) < 4.78 is 27.2. The van der Waals surface area contributed by atoms with Gasteiger partial charge in [0, 0.05) is 17.1 Å². The van der Waals surface area contributed by atoms with Crippen LogP contribution in [0, 0.1) is 18.6 Å². The Morgan fingerprint density at radius 1 is 1.09 bits per heavy atom. The first kappa shape index (κ1) is 14.9. The van der Waals surface area contributed by atoms with E-state index in [1.807, 2.05) is 0 Å². The number of aromatic amines is 1. The van der Waals surface area contributed by atoms with E-state index in [1.165, 1.54) is 12.1 Å². The molecule has 0 aliphatic heterocycles. The van der Waals surface area contributed by atoms with Gasteiger partial charge in [0.25, 0.3) is 5.91 Å². The number of amides is 1. The SMILES string of the molecule is Cc1cc(=O)[nH]c2cc(NC(=O)c3c(F)cccc3F)ccc12. The number of hydrogen-bond donors (Lipinski definition) is 2. The second-order valence-corrected chi connectivity index (χ2v) is 5.13. The van der Waals surface area contributed by atoms with Crippen molar-refractivity contribution in [1.82, 2.24) is 4.98 Å². The molecule has 4 nitrogen and oxygen atoms in total. The maximum absolute atomic E-state index is 13.6. The van der Waals surface area contributed by atoms with Gasteiger partial charge < -0.3 is 10.3 Å². The van der Waals surface area contributed by atoms with Crippen LogP contribution < -0.4 is 10.9 Å². The third-order valence-electron chi connectivity index (χ3n) is 3.50. The summed E-state index contributed by atoms with van der Waals surface area (Å²) in [5.41, 5.74) is 0.735. The minimum absolute atomic E-state index is 0.265. The number of fused-ring (bicyclic) bond motifs is 1. The summed E-state index contributed by atoms with van der Waals surface area (Å²) in [6, 6.07) is 9.54. The summed E-state index contributed by atoms with van der Waals surface area (Å²) in [6.45, 7) is 1.80. The van der Waals surface area contributed by atoms with Crippen molar-refractivity contribution in [2.24, 2.45) is 0 Å². The lowest BCUT2D eigenvalue weighted by atomic mass is 10.1. The highest BCUT2D eigenvalue weighted by Crippen LogP contribution is 2.20. The monoisotopic (exact) mass is 314 g/mol. The molecule has 23 heavy (non-hydrogen) atoms. The van der Waals surface area contributed by atoms with Gasteiger partial charge in [0.2, 0.25) is 5.56 Å². The molecule has 0 radical (unpaired) electrons. The number of carbonyl (C=O) groups is 1. The molecule has 116 valence electrons. The third-order valence-corrected chi connectivity index (χ3v) is 3.50. The van der Waals surface area contributed by atoms with Crippen LogP contribution in [0.1, 0.15) is 15.9 Å². The number of halogens is 2. The van der Waals surface area contributed by atoms with Crippen molar-refractivity contribution >= 4 is 22.5 Å². The van der Waals surface area contributed by atoms with Gasteiger partial charge in [0.1, 0.15) is 17.2 Å². The Kier molecular flexibility index (Phi) is 3.65. The van der Waals surface area contributed by atoms with Crippen LogP contribution in [-0.2, 0) is 0 Å². The first-order valence-electron chi connectivity index (χ1n) is 6.85. The molecule has 0 saturated carbocycles. The van der Waals surface area contributed by atoms with Crippen LogP contribution in [0.2, 0.25) is 0 Å². The number of pyridine rings is 1. The first-order valence-corrected chi connectivity index (χ1v) is 6.85. The van der Waals surface area contributed by atoms with Crippen molar-refractivity contribution in [3.63, 3.8) is 0 Å². The van der Waals surface area contributed by atoms with E-state index in [4.69, 9.17) is 0 Å². The maximum atomic E-state index is 13.6. The van der Waals surface area contributed by atoms with Crippen LogP contribution in [0.25, 0.3) is 10.9 Å². The second kappa shape index (κ2) is 5.64. The summed E-state index contributed by atoms with van der Waals surface area (Å²) in [5, 5.41) is 3.25. The van der Waals surface area contributed by atoms with Crippen LogP contribution in [-0.4, -0.2) is 10.9 Å². The number of aryl methyl sites for hydroxylation is 1. The van der Waals surface area contributed by atoms with Crippen LogP contribution in [0.3, 0.4) is 0 Å². The van der Waals surface area contributed by atoms with Crippen LogP contribution >= 0.6 is 0 Å². The topological polar surface area (TPSA) is 62.0 Å². The molecule has 0 fully saturated rings. The largest absolute Gasteiger partial charge is 0.322 e. The Hall–Kier alpha value is -3.02. The quantitative estimate of drug-likeness (QED) is 0.762. The van der Waals surface area contributed by atoms with Crippen LogP contribution in [0.15, 0.2) is 47.3 Å². The highest BCUT2D eigenvalue weighted by Gasteiger charge is 2.17. The van der Waals surface area contributed by atoms with E-state index in [0.29, 0.717) is 11.2 Å². The zero-order chi connectivity index (χ0) is 16.6. The van der Waals surface area contributed by atoms with Gasteiger partial charge >= 0.3 is 0 Å². The van der Waals surface area contributed by atoms with E-state index >= 15 is 0 Å². The lowest BCUT2D eigenvalue weighted by Gasteiger charge is -2.09. The molecule has 2 aromatic carbocycles. The Labute approximate surface area is 129 Å². The van der Waals surface area contributed by atoms with E-state index in [-0.39, 0.29) is 5.56 Å². The molecule has 3 rings (SSSR count). The number of benzene rings is 2. The number of H-pyrrole nitrogens is 1. The van der Waals surface area contributed by atoms with Gasteiger partial charge in [-0.1, -0.05) is 12.1 Å². The standard InChI is InChI=1S/C17H12F2N2O2/c1-9-7-15(22)21-14-8-10(5-6-11(9)14)20-17(23)16-12(18)3-2-4-13(16)19/h2-8H,1H3,(H,20,23)(H,21,22). The predicted molar refractivity (Wildman–Crippen MR) is 83.6 cm³/mol. The number of carbonyl (C=O) groups excluding carboxylic acids is 1. The number of anilines is 1. The average Bonchev–Trinajstić information content (AvgIpc) is 2.46. The van der Waals surface area contributed by atoms with Crippen molar-refractivity contribution in [1.29, 1.82) is 0 Å². The van der Waals surface area contributed by atoms with E-state index in [1.54, 1.807) is 25.1 Å². The van der Waals surface area contributed by atoms with Crippen LogP contribution in [0.4, 0.5) is 14.5 Å². The average molecular weight is 314 g/mol. The van der Waals surface area contributed by atoms with E-state index in [9.17, 15) is 18.4 Å². The van der Waals surface area contributed by atoms with Crippen LogP contribution in [0.5, 0.6) is 0 Å². The molecule has 1 aromatic heterocycles. The zero-order valence-electron chi connectivity index (χ0n) is 12.1. The molecule has 0 atom stereocenters. The van der Waals surface area contributed by atoms with Gasteiger partial charge in [-0.15, -0.1) is 0 Å². The fourth-order valence-corrected chi connectivity index (χ4v) is 2.42. The molecule has 6 heteroatoms. The van der Waals surface area contributed by atoms with Crippen molar-refractivity contribution in [2.75, 3.05) is 5.32 Å². The molecule has 0 unspecified atom stereocenters. The zero-order valence-corrected chi connectivity index (χ0v) is 12.1. The molecule has 0 spiro atoms. The Morgan fingerprint density at radius 2 is 1.78 bits per heavy atom. The van der Waals surface area contributed by atoms with Gasteiger partial charge in [-0.05, 0) is 36.8 Å². The second-order valence-electron chi connectivity index (χ2n) is 5.13. The fraction of sp³-hybridized carbons (Fsp3) is 0.0588. The molecule has 2 N–H and O–H groups in total. The number of hydrogen-bond acceptors (Lipinski definition) is 2. The molecule has 0 bridgehead atoms. The fourth-order valence-electron chi connectivity index (χ4n) is 2.42. The molecule has 0 aliphatic carbocycles. The lowest BCUT2D eigenvalue weighted by molar-refractivity contribution is 0.101. The normalized spacial score (nSPS) is 10.7. The Morgan fingerprint density at radius 3 is 2.48 bits per heavy atom. The molecule has 3 aromatic rings. The van der Waals surface area contributed by atoms with Gasteiger partial charge in [-0.2, -0.15) is 0 Å². The van der Waals surface area contributed by atoms with Crippen molar-refractivity contribution in [3.8, 4) is 0 Å². The summed E-state index contributed by atoms with van der Waals surface area (Å²) in [5.74, 6) is -2.77. The summed E-state index contributed by atoms with van der Waals surface area (Å²) in [6.07, 6.45) is 0. The van der Waals surface area contributed by atoms with E-state index in [0.717, 1.165) is 23.1 Å². The number of rotatable bonds is 2. The van der Waals surface area contributed by atoms with Gasteiger partial charge in [0.05, 0.1) is 5.52 Å². The highest BCUT2D eigenvalue weighted by atomic mass is 19.1. The van der Waals surface area contributed by atoms with E-state index < -0.39 is 23.1 Å². The Bertz CT molecular complexity index is 960. The first-order chi connectivity index (χ1) is 11.0. The minimum atomic E-state index is -0.937. The molecule has 1 amide bonds. The van der Waals surface area contributed by atoms with Gasteiger partial charge in [0.15, 0.2) is 0 Å². The Balaban J connectivity index is 1.98. The molecular weight excluding hydrogens is 302 g/mol. The summed E-state index contributed by atoms with van der Waals surface area (Å²) in [4.78, 5) is 26.2. The van der Waals surface area contributed by atoms with Crippen molar-refractivity contribution in [2.45, 2.75) is 6.92 Å². The molecular formula is C17H12F2N2O2. The lowest BCUT2D eigenvalue weighted by Crippen LogP contribution is -2.16. The summed E-state index contributed by atoms with van der Waals surface area (Å²) in [7, 11) is 0. The van der Waals surface area contributed by atoms with Crippen molar-refractivity contribution in [3.05, 3.63) is 75.6 Å².